The molecule has 10 heavy (non-hydrogen) atoms. The Morgan fingerprint density at radius 1 is 1.50 bits per heavy atom. The van der Waals surface area contributed by atoms with Gasteiger partial charge in [0.15, 0.2) is 0 Å². The molecule has 0 fully saturated rings. The van der Waals surface area contributed by atoms with Crippen molar-refractivity contribution in [2.75, 3.05) is 0 Å². The van der Waals surface area contributed by atoms with Crippen LogP contribution in [0.1, 0.15) is 5.56 Å². The molecule has 0 heterocycles. The molecule has 0 N–H and O–H groups in total. The van der Waals surface area contributed by atoms with Crippen LogP contribution >= 0.6 is 27.5 Å². The molecule has 0 aliphatic carbocycles. The fourth-order valence-electron chi connectivity index (χ4n) is 0.605. The van der Waals surface area contributed by atoms with E-state index in [1.54, 1.807) is 18.2 Å². The molecule has 0 aliphatic rings. The van der Waals surface area contributed by atoms with Crippen LogP contribution in [0.2, 0.25) is 5.02 Å². The monoisotopic (exact) mass is 215 g/mol. The first-order valence-electron chi connectivity index (χ1n) is 2.60. The Labute approximate surface area is 72.4 Å². The number of hydrogen-bond donors (Lipinski definition) is 0. The van der Waals surface area contributed by atoms with Gasteiger partial charge in [-0.3, -0.25) is 0 Å². The largest absolute Gasteiger partial charge is 0.192 e. The van der Waals surface area contributed by atoms with Crippen molar-refractivity contribution in [3.05, 3.63) is 33.3 Å². The highest BCUT2D eigenvalue weighted by Gasteiger charge is 2.01. The quantitative estimate of drug-likeness (QED) is 0.654. The first-order valence-corrected chi connectivity index (χ1v) is 3.77. The fourth-order valence-corrected chi connectivity index (χ4v) is 1.39. The van der Waals surface area contributed by atoms with E-state index in [1.807, 2.05) is 6.07 Å². The number of halogens is 2. The van der Waals surface area contributed by atoms with Gasteiger partial charge in [-0.05, 0) is 28.1 Å². The molecule has 1 rings (SSSR count). The SMILES string of the molecule is N#Cc1c(Cl)cccc1Br. The zero-order valence-corrected chi connectivity index (χ0v) is 7.28. The van der Waals surface area contributed by atoms with E-state index in [0.29, 0.717) is 10.6 Å². The molecule has 0 saturated carbocycles. The summed E-state index contributed by atoms with van der Waals surface area (Å²) in [7, 11) is 0. The number of nitriles is 1. The van der Waals surface area contributed by atoms with Crippen LogP contribution in [-0.4, -0.2) is 0 Å². The normalized spacial score (nSPS) is 8.90. The fraction of sp³-hybridized carbons (Fsp3) is 0. The molecule has 1 nitrogen and oxygen atoms in total. The molecule has 0 unspecified atom stereocenters. The minimum absolute atomic E-state index is 0.483. The van der Waals surface area contributed by atoms with Crippen LogP contribution in [0.25, 0.3) is 0 Å². The van der Waals surface area contributed by atoms with E-state index < -0.39 is 0 Å². The van der Waals surface area contributed by atoms with Crippen LogP contribution in [-0.2, 0) is 0 Å². The van der Waals surface area contributed by atoms with Gasteiger partial charge in [-0.25, -0.2) is 0 Å². The number of hydrogen-bond acceptors (Lipinski definition) is 1. The zero-order valence-electron chi connectivity index (χ0n) is 4.94. The predicted molar refractivity (Wildman–Crippen MR) is 43.9 cm³/mol. The van der Waals surface area contributed by atoms with Crippen LogP contribution in [0, 0.1) is 11.3 Å². The molecule has 0 amide bonds. The summed E-state index contributed by atoms with van der Waals surface area (Å²) >= 11 is 8.88. The Balaban J connectivity index is 3.34. The van der Waals surface area contributed by atoms with Crippen LogP contribution in [0.15, 0.2) is 22.7 Å². The average molecular weight is 216 g/mol. The van der Waals surface area contributed by atoms with Crippen LogP contribution in [0.3, 0.4) is 0 Å². The summed E-state index contributed by atoms with van der Waals surface area (Å²) in [6.07, 6.45) is 0. The van der Waals surface area contributed by atoms with Gasteiger partial charge in [0, 0.05) is 4.47 Å². The van der Waals surface area contributed by atoms with Gasteiger partial charge < -0.3 is 0 Å². The van der Waals surface area contributed by atoms with Gasteiger partial charge in [-0.15, -0.1) is 0 Å². The van der Waals surface area contributed by atoms with E-state index in [0.717, 1.165) is 4.47 Å². The van der Waals surface area contributed by atoms with Crippen molar-refractivity contribution in [1.29, 1.82) is 5.26 Å². The predicted octanol–water partition coefficient (Wildman–Crippen LogP) is 2.97. The van der Waals surface area contributed by atoms with E-state index in [-0.39, 0.29) is 0 Å². The summed E-state index contributed by atoms with van der Waals surface area (Å²) in [4.78, 5) is 0. The van der Waals surface area contributed by atoms with Crippen LogP contribution in [0.4, 0.5) is 0 Å². The third-order valence-corrected chi connectivity index (χ3v) is 2.05. The molecule has 50 valence electrons. The van der Waals surface area contributed by atoms with Gasteiger partial charge in [0.05, 0.1) is 10.6 Å². The van der Waals surface area contributed by atoms with Gasteiger partial charge >= 0.3 is 0 Å². The van der Waals surface area contributed by atoms with Gasteiger partial charge in [0.1, 0.15) is 6.07 Å². The minimum atomic E-state index is 0.483. The van der Waals surface area contributed by atoms with Crippen molar-refractivity contribution in [2.24, 2.45) is 0 Å². The van der Waals surface area contributed by atoms with Crippen molar-refractivity contribution >= 4 is 27.5 Å². The topological polar surface area (TPSA) is 23.8 Å². The second-order valence-electron chi connectivity index (χ2n) is 1.71. The highest BCUT2D eigenvalue weighted by molar-refractivity contribution is 9.10. The molecular formula is C7H3BrClN. The van der Waals surface area contributed by atoms with E-state index in [1.165, 1.54) is 0 Å². The van der Waals surface area contributed by atoms with Gasteiger partial charge in [0.25, 0.3) is 0 Å². The molecule has 1 aromatic rings. The van der Waals surface area contributed by atoms with Crippen molar-refractivity contribution in [2.45, 2.75) is 0 Å². The summed E-state index contributed by atoms with van der Waals surface area (Å²) in [6, 6.07) is 7.24. The van der Waals surface area contributed by atoms with Gasteiger partial charge in [-0.1, -0.05) is 17.7 Å². The third kappa shape index (κ3) is 1.31. The Morgan fingerprint density at radius 2 is 2.20 bits per heavy atom. The highest BCUT2D eigenvalue weighted by Crippen LogP contribution is 2.22. The number of benzene rings is 1. The lowest BCUT2D eigenvalue weighted by molar-refractivity contribution is 1.47. The first kappa shape index (κ1) is 7.59. The minimum Gasteiger partial charge on any atom is -0.192 e. The van der Waals surface area contributed by atoms with E-state index in [4.69, 9.17) is 16.9 Å². The van der Waals surface area contributed by atoms with E-state index in [9.17, 15) is 0 Å². The molecule has 0 aliphatic heterocycles. The third-order valence-electron chi connectivity index (χ3n) is 1.07. The lowest BCUT2D eigenvalue weighted by Crippen LogP contribution is -1.76. The lowest BCUT2D eigenvalue weighted by atomic mass is 10.2. The molecule has 0 radical (unpaired) electrons. The maximum absolute atomic E-state index is 8.53. The molecule has 0 bridgehead atoms. The Kier molecular flexibility index (Phi) is 2.31. The summed E-state index contributed by atoms with van der Waals surface area (Å²) in [5.74, 6) is 0. The molecule has 0 atom stereocenters. The van der Waals surface area contributed by atoms with Crippen LogP contribution in [0.5, 0.6) is 0 Å². The van der Waals surface area contributed by atoms with E-state index >= 15 is 0 Å². The maximum Gasteiger partial charge on any atom is 0.102 e. The summed E-state index contributed by atoms with van der Waals surface area (Å²) in [5.41, 5.74) is 0.490. The molecule has 0 aromatic heterocycles. The molecule has 1 aromatic carbocycles. The summed E-state index contributed by atoms with van der Waals surface area (Å²) in [6.45, 7) is 0. The van der Waals surface area contributed by atoms with Crippen molar-refractivity contribution in [3.8, 4) is 6.07 Å². The zero-order chi connectivity index (χ0) is 7.56. The smallest absolute Gasteiger partial charge is 0.102 e. The number of nitrogens with zero attached hydrogens (tertiary/aromatic N) is 1. The molecule has 3 heteroatoms. The molecule has 0 saturated heterocycles. The van der Waals surface area contributed by atoms with Crippen molar-refractivity contribution in [1.82, 2.24) is 0 Å². The second-order valence-corrected chi connectivity index (χ2v) is 2.97. The van der Waals surface area contributed by atoms with Gasteiger partial charge in [0.2, 0.25) is 0 Å². The first-order chi connectivity index (χ1) is 4.75. The van der Waals surface area contributed by atoms with E-state index in [2.05, 4.69) is 15.9 Å². The van der Waals surface area contributed by atoms with Crippen molar-refractivity contribution in [3.63, 3.8) is 0 Å². The lowest BCUT2D eigenvalue weighted by Gasteiger charge is -1.94. The number of rotatable bonds is 0. The van der Waals surface area contributed by atoms with Gasteiger partial charge in [-0.2, -0.15) is 5.26 Å². The Morgan fingerprint density at radius 3 is 2.60 bits per heavy atom. The highest BCUT2D eigenvalue weighted by atomic mass is 79.9. The Hall–Kier alpha value is -0.520. The van der Waals surface area contributed by atoms with Crippen molar-refractivity contribution < 1.29 is 0 Å². The molecular weight excluding hydrogens is 213 g/mol. The standard InChI is InChI=1S/C7H3BrClN/c8-6-2-1-3-7(9)5(6)4-10/h1-3H. The Bertz CT molecular complexity index is 270. The summed E-state index contributed by atoms with van der Waals surface area (Å²) in [5, 5.41) is 9.02. The van der Waals surface area contributed by atoms with Crippen LogP contribution < -0.4 is 0 Å². The summed E-state index contributed by atoms with van der Waals surface area (Å²) < 4.78 is 0.738. The second kappa shape index (κ2) is 3.05. The molecule has 0 spiro atoms. The average Bonchev–Trinajstić information content (AvgIpc) is 1.88. The maximum atomic E-state index is 8.53.